The highest BCUT2D eigenvalue weighted by Gasteiger charge is 2.57. The Morgan fingerprint density at radius 2 is 1.66 bits per heavy atom. The molecule has 4 aliphatic heterocycles. The number of benzene rings is 1. The first kappa shape index (κ1) is 65.4. The number of nitrogens with zero attached hydrogens (tertiary/aromatic N) is 1. The first-order valence-corrected chi connectivity index (χ1v) is 28.6. The topological polar surface area (TPSA) is 273 Å². The molecule has 1 aromatic carbocycles. The summed E-state index contributed by atoms with van der Waals surface area (Å²) in [6.45, 7) is 17.8. The summed E-state index contributed by atoms with van der Waals surface area (Å²) in [5.41, 5.74) is 2.49. The van der Waals surface area contributed by atoms with E-state index in [1.54, 1.807) is 45.1 Å². The van der Waals surface area contributed by atoms with Crippen molar-refractivity contribution in [3.63, 3.8) is 0 Å². The molecule has 1 spiro atoms. The average Bonchev–Trinajstić information content (AvgIpc) is 3.56. The van der Waals surface area contributed by atoms with Gasteiger partial charge in [0.05, 0.1) is 36.4 Å². The highest BCUT2D eigenvalue weighted by molar-refractivity contribution is 5.93. The number of fused-ring (bicyclic) bond motifs is 2. The fourth-order valence-electron chi connectivity index (χ4n) is 11.4. The molecule has 0 saturated carbocycles. The van der Waals surface area contributed by atoms with Gasteiger partial charge in [0.25, 0.3) is 5.91 Å². The standard InChI is InChI=1S/C60H89F2N5O13/c1-11-41-27-35(6)60(65-55(41)74)39(10)53(72)38(9)50(80-60)31-47(70)33(4)19-14-12-15-20-34(5)49-23-17-13-16-22-46(69)37(8)54(73)42(25-24-36(7)68)56(75)64-52(32(2)3)57(76)63-45(29-40-28-43(61)51(62)48(71)30-40)58(77)67-26-18-21-44(66-67)59(78)79-49/h12-13,15-17,20,22,28,30,32-33,35,37-39,41-42,44-47,49-50,52-54,66,69-73H,11,14,18-19,21,23-27,29,31H2,1-10H3,(H,63,76)(H,64,75)(H,65,74)/t33-,35-,37-,38-,39-,41-,42+,44?,45-,46-,47-,49-,50-,52-,53-,54+,60+/m0/s1. The molecule has 0 radical (unpaired) electrons. The number of carbonyl (C=O) groups excluding carboxylic acids is 6. The van der Waals surface area contributed by atoms with E-state index in [-0.39, 0.29) is 85.5 Å². The van der Waals surface area contributed by atoms with Crippen LogP contribution < -0.4 is 21.4 Å². The van der Waals surface area contributed by atoms with Gasteiger partial charge in [-0.25, -0.2) is 9.82 Å². The van der Waals surface area contributed by atoms with Crippen LogP contribution >= 0.6 is 0 Å². The SMILES string of the molecule is CC[C@H]1C[C@H](C)[C@@]2(NC1=O)O[C@@H](C[C@H](O)[C@@H](C)CCC=CC=C(C)[C@@H]1CC=CC=C[C@H](O)[C@H](C)[C@@H](O)[C@@H](CCC(C)=O)C(=O)N[C@@H](C(C)C)C(=O)N[C@@H](Cc3cc(O)c(F)c(F)c3)C(=O)N3CCCC(N3)C(=O)O1)[C@H](C)[C@H](O)[C@@H]2C. The molecule has 17 atom stereocenters. The van der Waals surface area contributed by atoms with Crippen molar-refractivity contribution in [3.05, 3.63) is 77.4 Å². The predicted octanol–water partition coefficient (Wildman–Crippen LogP) is 5.69. The number of ketones is 1. The van der Waals surface area contributed by atoms with Gasteiger partial charge in [-0.3, -0.25) is 29.0 Å². The van der Waals surface area contributed by atoms with Crippen molar-refractivity contribution in [2.75, 3.05) is 6.54 Å². The van der Waals surface area contributed by atoms with Crippen LogP contribution in [0.3, 0.4) is 0 Å². The van der Waals surface area contributed by atoms with Crippen molar-refractivity contribution >= 4 is 35.4 Å². The zero-order valence-corrected chi connectivity index (χ0v) is 48.2. The van der Waals surface area contributed by atoms with E-state index in [1.165, 1.54) is 19.9 Å². The maximum absolute atomic E-state index is 14.6. The number of piperidine rings is 1. The van der Waals surface area contributed by atoms with E-state index >= 15 is 0 Å². The van der Waals surface area contributed by atoms with Crippen LogP contribution in [0, 0.1) is 59.0 Å². The van der Waals surface area contributed by atoms with E-state index in [9.17, 15) is 63.1 Å². The van der Waals surface area contributed by atoms with Gasteiger partial charge in [0.15, 0.2) is 17.4 Å². The highest BCUT2D eigenvalue weighted by Crippen LogP contribution is 2.46. The normalized spacial score (nSPS) is 33.6. The van der Waals surface area contributed by atoms with Crippen molar-refractivity contribution in [3.8, 4) is 5.75 Å². The number of phenols is 1. The Morgan fingerprint density at radius 1 is 0.950 bits per heavy atom. The maximum atomic E-state index is 14.6. The van der Waals surface area contributed by atoms with Crippen LogP contribution in [0.15, 0.2) is 60.2 Å². The van der Waals surface area contributed by atoms with Crippen LogP contribution in [-0.2, 0) is 44.7 Å². The molecule has 0 aliphatic carbocycles. The number of hydrazine groups is 1. The van der Waals surface area contributed by atoms with Gasteiger partial charge in [0.1, 0.15) is 35.7 Å². The third-order valence-corrected chi connectivity index (χ3v) is 17.0. The van der Waals surface area contributed by atoms with Crippen LogP contribution in [0.2, 0.25) is 0 Å². The molecule has 1 unspecified atom stereocenters. The minimum Gasteiger partial charge on any atom is -0.505 e. The maximum Gasteiger partial charge on any atom is 0.325 e. The van der Waals surface area contributed by atoms with Crippen molar-refractivity contribution in [2.24, 2.45) is 47.3 Å². The summed E-state index contributed by atoms with van der Waals surface area (Å²) < 4.78 is 41.7. The minimum absolute atomic E-state index is 0.0434. The van der Waals surface area contributed by atoms with E-state index in [0.717, 1.165) is 17.1 Å². The zero-order chi connectivity index (χ0) is 59.3. The third-order valence-electron chi connectivity index (χ3n) is 17.0. The van der Waals surface area contributed by atoms with E-state index in [4.69, 9.17) is 9.47 Å². The Labute approximate surface area is 470 Å². The molecule has 3 fully saturated rings. The number of aromatic hydroxyl groups is 1. The number of carbonyl (C=O) groups is 6. The molecule has 4 heterocycles. The molecule has 18 nitrogen and oxygen atoms in total. The Bertz CT molecular complexity index is 2430. The van der Waals surface area contributed by atoms with Crippen LogP contribution in [-0.4, -0.2) is 133 Å². The largest absolute Gasteiger partial charge is 0.505 e. The second-order valence-electron chi connectivity index (χ2n) is 23.4. The van der Waals surface area contributed by atoms with Gasteiger partial charge in [-0.15, -0.1) is 0 Å². The number of allylic oxidation sites excluding steroid dienone is 5. The number of nitrogens with one attached hydrogen (secondary N) is 4. The van der Waals surface area contributed by atoms with E-state index < -0.39 is 126 Å². The summed E-state index contributed by atoms with van der Waals surface area (Å²) in [5.74, 6) is -11.2. The molecule has 0 aromatic heterocycles. The summed E-state index contributed by atoms with van der Waals surface area (Å²) in [7, 11) is 0. The van der Waals surface area contributed by atoms with Crippen molar-refractivity contribution in [1.82, 2.24) is 26.4 Å². The summed E-state index contributed by atoms with van der Waals surface area (Å²) in [4.78, 5) is 82.1. The number of cyclic esters (lactones) is 1. The number of halogens is 2. The summed E-state index contributed by atoms with van der Waals surface area (Å²) in [6.07, 6.45) is 9.15. The number of hydrogen-bond donors (Lipinski definition) is 9. The van der Waals surface area contributed by atoms with E-state index in [1.807, 2.05) is 46.8 Å². The van der Waals surface area contributed by atoms with E-state index in [0.29, 0.717) is 37.7 Å². The number of aliphatic hydroxyl groups is 4. The number of esters is 1. The second kappa shape index (κ2) is 29.6. The number of amides is 4. The first-order valence-electron chi connectivity index (χ1n) is 28.6. The van der Waals surface area contributed by atoms with Gasteiger partial charge in [0, 0.05) is 61.8 Å². The fraction of sp³-hybridized carbons (Fsp3) is 0.667. The van der Waals surface area contributed by atoms with Gasteiger partial charge in [-0.2, -0.15) is 4.39 Å². The molecule has 3 saturated heterocycles. The lowest BCUT2D eigenvalue weighted by molar-refractivity contribution is -0.267. The lowest BCUT2D eigenvalue weighted by atomic mass is 9.69. The Balaban J connectivity index is 1.37. The number of aliphatic hydroxyl groups excluding tert-OH is 4. The summed E-state index contributed by atoms with van der Waals surface area (Å²) in [6, 6.07) is -2.22. The van der Waals surface area contributed by atoms with Crippen LogP contribution in [0.25, 0.3) is 0 Å². The molecule has 1 aromatic rings. The molecule has 5 rings (SSSR count). The van der Waals surface area contributed by atoms with Gasteiger partial charge < -0.3 is 55.8 Å². The Kier molecular flexibility index (Phi) is 24.2. The predicted molar refractivity (Wildman–Crippen MR) is 295 cm³/mol. The number of phenolic OH excluding ortho intramolecular Hbond substituents is 1. The van der Waals surface area contributed by atoms with Crippen LogP contribution in [0.5, 0.6) is 5.75 Å². The van der Waals surface area contributed by atoms with Gasteiger partial charge in [-0.1, -0.05) is 97.9 Å². The molecule has 4 amide bonds. The third kappa shape index (κ3) is 16.6. The van der Waals surface area contributed by atoms with E-state index in [2.05, 4.69) is 21.4 Å². The monoisotopic (exact) mass is 1130 g/mol. The molecule has 4 aliphatic rings. The molecule has 9 N–H and O–H groups in total. The van der Waals surface area contributed by atoms with Crippen LogP contribution in [0.4, 0.5) is 8.78 Å². The van der Waals surface area contributed by atoms with Crippen LogP contribution in [0.1, 0.15) is 139 Å². The van der Waals surface area contributed by atoms with Gasteiger partial charge in [-0.05, 0) is 93.9 Å². The lowest BCUT2D eigenvalue weighted by Crippen LogP contribution is -2.71. The van der Waals surface area contributed by atoms with Gasteiger partial charge >= 0.3 is 5.97 Å². The van der Waals surface area contributed by atoms with Crippen molar-refractivity contribution in [1.29, 1.82) is 0 Å². The summed E-state index contributed by atoms with van der Waals surface area (Å²) in [5, 5.41) is 65.4. The zero-order valence-electron chi connectivity index (χ0n) is 48.2. The first-order chi connectivity index (χ1) is 37.7. The van der Waals surface area contributed by atoms with Crippen molar-refractivity contribution < 1.29 is 72.6 Å². The Morgan fingerprint density at radius 3 is 2.33 bits per heavy atom. The Hall–Kier alpha value is -5.38. The molecular formula is C60H89F2N5O13. The number of ether oxygens (including phenoxy) is 2. The lowest BCUT2D eigenvalue weighted by Gasteiger charge is -2.56. The quantitative estimate of drug-likeness (QED) is 0.0755. The number of rotatable bonds is 15. The molecule has 446 valence electrons. The van der Waals surface area contributed by atoms with Gasteiger partial charge in [0.2, 0.25) is 17.7 Å². The average molecular weight is 1130 g/mol. The second-order valence-corrected chi connectivity index (χ2v) is 23.4. The fourth-order valence-corrected chi connectivity index (χ4v) is 11.4. The summed E-state index contributed by atoms with van der Waals surface area (Å²) >= 11 is 0. The minimum atomic E-state index is -1.53. The number of hydrogen-bond acceptors (Lipinski definition) is 14. The molecule has 20 heteroatoms. The number of Topliss-reactive ketones (excluding diaryl/α,β-unsaturated/α-hetero) is 1. The molecular weight excluding hydrogens is 1040 g/mol. The molecule has 2 bridgehead atoms. The molecule has 80 heavy (non-hydrogen) atoms. The smallest absolute Gasteiger partial charge is 0.325 e. The van der Waals surface area contributed by atoms with Crippen molar-refractivity contribution in [2.45, 2.75) is 200 Å². The highest BCUT2D eigenvalue weighted by atomic mass is 19.2.